The zero-order valence-electron chi connectivity index (χ0n) is 10.8. The fraction of sp³-hybridized carbons (Fsp3) is 0.429. The van der Waals surface area contributed by atoms with E-state index in [0.29, 0.717) is 19.4 Å². The van der Waals surface area contributed by atoms with E-state index in [4.69, 9.17) is 5.11 Å². The summed E-state index contributed by atoms with van der Waals surface area (Å²) < 4.78 is 0. The van der Waals surface area contributed by atoms with Gasteiger partial charge in [0.2, 0.25) is 5.91 Å². The van der Waals surface area contributed by atoms with Crippen LogP contribution in [0.25, 0.3) is 0 Å². The maximum Gasteiger partial charge on any atom is 0.316 e. The molecule has 0 aliphatic carbocycles. The van der Waals surface area contributed by atoms with Crippen LogP contribution in [0.4, 0.5) is 0 Å². The monoisotopic (exact) mass is 249 g/mol. The minimum Gasteiger partial charge on any atom is -0.481 e. The summed E-state index contributed by atoms with van der Waals surface area (Å²) in [6.45, 7) is 4.17. The van der Waals surface area contributed by atoms with Crippen molar-refractivity contribution in [2.75, 3.05) is 6.54 Å². The Morgan fingerprint density at radius 1 is 1.39 bits per heavy atom. The van der Waals surface area contributed by atoms with E-state index in [1.165, 1.54) is 5.56 Å². The van der Waals surface area contributed by atoms with Crippen molar-refractivity contribution in [3.8, 4) is 0 Å². The quantitative estimate of drug-likeness (QED) is 0.755. The van der Waals surface area contributed by atoms with Crippen molar-refractivity contribution < 1.29 is 14.7 Å². The molecule has 4 heteroatoms. The summed E-state index contributed by atoms with van der Waals surface area (Å²) in [6.07, 6.45) is 1.02. The van der Waals surface area contributed by atoms with Gasteiger partial charge in [-0.2, -0.15) is 0 Å². The molecule has 1 aromatic carbocycles. The van der Waals surface area contributed by atoms with Crippen LogP contribution in [-0.2, 0) is 16.0 Å². The van der Waals surface area contributed by atoms with Crippen LogP contribution in [0.15, 0.2) is 24.3 Å². The molecular formula is C14H19NO3. The largest absolute Gasteiger partial charge is 0.481 e. The van der Waals surface area contributed by atoms with Crippen molar-refractivity contribution in [3.05, 3.63) is 35.4 Å². The van der Waals surface area contributed by atoms with Crippen LogP contribution in [0.3, 0.4) is 0 Å². The molecule has 1 atom stereocenters. The van der Waals surface area contributed by atoms with Gasteiger partial charge in [-0.1, -0.05) is 36.8 Å². The molecule has 0 aliphatic heterocycles. The Labute approximate surface area is 107 Å². The minimum absolute atomic E-state index is 0.311. The fourth-order valence-electron chi connectivity index (χ4n) is 1.79. The van der Waals surface area contributed by atoms with E-state index in [2.05, 4.69) is 11.4 Å². The van der Waals surface area contributed by atoms with Crippen molar-refractivity contribution in [1.29, 1.82) is 0 Å². The lowest BCUT2D eigenvalue weighted by atomic mass is 10.1. The second kappa shape index (κ2) is 6.79. The van der Waals surface area contributed by atoms with E-state index >= 15 is 0 Å². The molecule has 0 saturated heterocycles. The van der Waals surface area contributed by atoms with Crippen LogP contribution in [0, 0.1) is 12.8 Å². The van der Waals surface area contributed by atoms with Crippen LogP contribution in [0.1, 0.15) is 24.5 Å². The van der Waals surface area contributed by atoms with Crippen molar-refractivity contribution in [2.45, 2.75) is 26.7 Å². The molecule has 0 bridgehead atoms. The third kappa shape index (κ3) is 4.20. The maximum absolute atomic E-state index is 11.6. The molecule has 18 heavy (non-hydrogen) atoms. The lowest BCUT2D eigenvalue weighted by Gasteiger charge is -2.10. The van der Waals surface area contributed by atoms with E-state index in [-0.39, 0.29) is 0 Å². The summed E-state index contributed by atoms with van der Waals surface area (Å²) in [5, 5.41) is 11.5. The summed E-state index contributed by atoms with van der Waals surface area (Å²) >= 11 is 0. The smallest absolute Gasteiger partial charge is 0.316 e. The molecule has 0 heterocycles. The first kappa shape index (κ1) is 14.2. The Morgan fingerprint density at radius 3 is 2.67 bits per heavy atom. The summed E-state index contributed by atoms with van der Waals surface area (Å²) in [5.74, 6) is -2.41. The second-order valence-electron chi connectivity index (χ2n) is 4.33. The number of rotatable bonds is 6. The Bertz CT molecular complexity index is 429. The van der Waals surface area contributed by atoms with Gasteiger partial charge in [0.05, 0.1) is 0 Å². The average molecular weight is 249 g/mol. The van der Waals surface area contributed by atoms with E-state index in [0.717, 1.165) is 5.56 Å². The third-order valence-electron chi connectivity index (χ3n) is 2.82. The summed E-state index contributed by atoms with van der Waals surface area (Å²) in [5.41, 5.74) is 2.31. The number of aliphatic carboxylic acids is 1. The van der Waals surface area contributed by atoms with Crippen LogP contribution in [0.2, 0.25) is 0 Å². The zero-order chi connectivity index (χ0) is 13.5. The fourth-order valence-corrected chi connectivity index (χ4v) is 1.79. The van der Waals surface area contributed by atoms with Crippen molar-refractivity contribution >= 4 is 11.9 Å². The Kier molecular flexibility index (Phi) is 5.36. The second-order valence-corrected chi connectivity index (χ2v) is 4.33. The van der Waals surface area contributed by atoms with Gasteiger partial charge in [0.1, 0.15) is 5.92 Å². The maximum atomic E-state index is 11.6. The summed E-state index contributed by atoms with van der Waals surface area (Å²) in [7, 11) is 0. The number of carbonyl (C=O) groups excluding carboxylic acids is 1. The molecule has 1 amide bonds. The Morgan fingerprint density at radius 2 is 2.11 bits per heavy atom. The van der Waals surface area contributed by atoms with E-state index in [1.807, 2.05) is 25.1 Å². The number of nitrogens with one attached hydrogen (secondary N) is 1. The van der Waals surface area contributed by atoms with Crippen LogP contribution in [0.5, 0.6) is 0 Å². The number of carboxylic acids is 1. The molecule has 0 aromatic heterocycles. The van der Waals surface area contributed by atoms with Crippen LogP contribution in [-0.4, -0.2) is 23.5 Å². The predicted molar refractivity (Wildman–Crippen MR) is 69.3 cm³/mol. The number of amides is 1. The molecule has 4 nitrogen and oxygen atoms in total. The highest BCUT2D eigenvalue weighted by atomic mass is 16.4. The van der Waals surface area contributed by atoms with Gasteiger partial charge in [0.15, 0.2) is 0 Å². The number of hydrogen-bond donors (Lipinski definition) is 2. The highest BCUT2D eigenvalue weighted by molar-refractivity contribution is 5.96. The molecule has 1 aromatic rings. The molecule has 0 saturated carbocycles. The Balaban J connectivity index is 2.42. The molecule has 1 unspecified atom stereocenters. The summed E-state index contributed by atoms with van der Waals surface area (Å²) in [6, 6.07) is 8.03. The molecule has 98 valence electrons. The number of aryl methyl sites for hydroxylation is 1. The van der Waals surface area contributed by atoms with Gasteiger partial charge < -0.3 is 10.4 Å². The number of carboxylic acid groups (broad SMARTS) is 1. The minimum atomic E-state index is -1.06. The molecule has 0 spiro atoms. The number of benzene rings is 1. The van der Waals surface area contributed by atoms with Gasteiger partial charge in [0, 0.05) is 6.54 Å². The molecule has 0 radical (unpaired) electrons. The normalized spacial score (nSPS) is 11.9. The van der Waals surface area contributed by atoms with Gasteiger partial charge >= 0.3 is 5.97 Å². The lowest BCUT2D eigenvalue weighted by molar-refractivity contribution is -0.147. The average Bonchev–Trinajstić information content (AvgIpc) is 2.29. The lowest BCUT2D eigenvalue weighted by Crippen LogP contribution is -2.36. The highest BCUT2D eigenvalue weighted by Crippen LogP contribution is 2.05. The SMILES string of the molecule is CCC(C(=O)O)C(=O)NCCc1cccc(C)c1. The molecule has 0 fully saturated rings. The van der Waals surface area contributed by atoms with Crippen molar-refractivity contribution in [3.63, 3.8) is 0 Å². The first-order valence-electron chi connectivity index (χ1n) is 6.10. The topological polar surface area (TPSA) is 66.4 Å². The summed E-state index contributed by atoms with van der Waals surface area (Å²) in [4.78, 5) is 22.4. The number of hydrogen-bond acceptors (Lipinski definition) is 2. The van der Waals surface area contributed by atoms with Crippen LogP contribution >= 0.6 is 0 Å². The molecular weight excluding hydrogens is 230 g/mol. The van der Waals surface area contributed by atoms with Gasteiger partial charge in [0.25, 0.3) is 0 Å². The number of carbonyl (C=O) groups is 2. The molecule has 2 N–H and O–H groups in total. The van der Waals surface area contributed by atoms with Crippen LogP contribution < -0.4 is 5.32 Å². The van der Waals surface area contributed by atoms with Crippen molar-refractivity contribution in [2.24, 2.45) is 5.92 Å². The Hall–Kier alpha value is -1.84. The van der Waals surface area contributed by atoms with Gasteiger partial charge in [-0.3, -0.25) is 9.59 Å². The van der Waals surface area contributed by atoms with E-state index < -0.39 is 17.8 Å². The van der Waals surface area contributed by atoms with Gasteiger partial charge in [-0.25, -0.2) is 0 Å². The predicted octanol–water partition coefficient (Wildman–Crippen LogP) is 1.76. The molecule has 0 aliphatic rings. The van der Waals surface area contributed by atoms with E-state index in [9.17, 15) is 9.59 Å². The zero-order valence-corrected chi connectivity index (χ0v) is 10.8. The highest BCUT2D eigenvalue weighted by Gasteiger charge is 2.23. The first-order chi connectivity index (χ1) is 8.54. The molecule has 1 rings (SSSR count). The van der Waals surface area contributed by atoms with Gasteiger partial charge in [-0.15, -0.1) is 0 Å². The van der Waals surface area contributed by atoms with Crippen molar-refractivity contribution in [1.82, 2.24) is 5.32 Å². The first-order valence-corrected chi connectivity index (χ1v) is 6.10. The third-order valence-corrected chi connectivity index (χ3v) is 2.82. The van der Waals surface area contributed by atoms with Gasteiger partial charge in [-0.05, 0) is 25.3 Å². The standard InChI is InChI=1S/C14H19NO3/c1-3-12(14(17)18)13(16)15-8-7-11-6-4-5-10(2)9-11/h4-6,9,12H,3,7-8H2,1-2H3,(H,15,16)(H,17,18). The van der Waals surface area contributed by atoms with E-state index in [1.54, 1.807) is 6.92 Å².